The van der Waals surface area contributed by atoms with Gasteiger partial charge in [-0.1, -0.05) is 27.5 Å². The molecule has 0 spiro atoms. The monoisotopic (exact) mass is 315 g/mol. The molecule has 2 aromatic carbocycles. The fraction of sp³-hybridized carbons (Fsp3) is 0. The topological polar surface area (TPSA) is 35.2 Å². The van der Waals surface area contributed by atoms with E-state index < -0.39 is 5.82 Å². The number of nitrogens with two attached hydrogens (primary N) is 1. The zero-order valence-electron chi connectivity index (χ0n) is 8.58. The van der Waals surface area contributed by atoms with Crippen molar-refractivity contribution in [3.63, 3.8) is 0 Å². The Morgan fingerprint density at radius 2 is 1.94 bits per heavy atom. The second-order valence-electron chi connectivity index (χ2n) is 3.36. The molecule has 2 N–H and O–H groups in total. The third kappa shape index (κ3) is 2.90. The number of ether oxygens (including phenoxy) is 1. The van der Waals surface area contributed by atoms with Crippen LogP contribution >= 0.6 is 27.5 Å². The van der Waals surface area contributed by atoms with Crippen LogP contribution in [-0.4, -0.2) is 0 Å². The maximum absolute atomic E-state index is 13.2. The van der Waals surface area contributed by atoms with Gasteiger partial charge in [0.25, 0.3) is 0 Å². The van der Waals surface area contributed by atoms with Crippen molar-refractivity contribution < 1.29 is 9.13 Å². The molecule has 17 heavy (non-hydrogen) atoms. The van der Waals surface area contributed by atoms with Gasteiger partial charge >= 0.3 is 0 Å². The minimum absolute atomic E-state index is 0.0552. The molecular formula is C12H8BrClFNO. The van der Waals surface area contributed by atoms with Gasteiger partial charge in [0.1, 0.15) is 11.6 Å². The Kier molecular flexibility index (Phi) is 3.54. The van der Waals surface area contributed by atoms with Crippen LogP contribution in [0.1, 0.15) is 0 Å². The lowest BCUT2D eigenvalue weighted by molar-refractivity contribution is 0.479. The van der Waals surface area contributed by atoms with Crippen molar-refractivity contribution in [2.75, 3.05) is 5.73 Å². The zero-order valence-corrected chi connectivity index (χ0v) is 10.9. The number of nitrogen functional groups attached to an aromatic ring is 1. The summed E-state index contributed by atoms with van der Waals surface area (Å²) in [5, 5.41) is 0.0552. The van der Waals surface area contributed by atoms with Gasteiger partial charge < -0.3 is 10.5 Å². The molecule has 88 valence electrons. The summed E-state index contributed by atoms with van der Waals surface area (Å²) in [6, 6.07) is 9.42. The number of benzene rings is 2. The first-order valence-electron chi connectivity index (χ1n) is 4.74. The molecule has 2 nitrogen and oxygen atoms in total. The summed E-state index contributed by atoms with van der Waals surface area (Å²) in [5.74, 6) is 0.274. The molecule has 0 aromatic heterocycles. The molecule has 0 unspecified atom stereocenters. The molecule has 0 radical (unpaired) electrons. The standard InChI is InChI=1S/C12H8BrClFNO/c13-7-1-4-11(16)12(5-7)17-8-2-3-9(14)10(15)6-8/h1-6H,16H2. The molecule has 0 saturated heterocycles. The number of halogens is 3. The van der Waals surface area contributed by atoms with Crippen LogP contribution in [0.5, 0.6) is 11.5 Å². The van der Waals surface area contributed by atoms with E-state index in [0.717, 1.165) is 4.47 Å². The lowest BCUT2D eigenvalue weighted by atomic mass is 10.3. The van der Waals surface area contributed by atoms with Crippen LogP contribution in [0.3, 0.4) is 0 Å². The van der Waals surface area contributed by atoms with Crippen LogP contribution in [0.25, 0.3) is 0 Å². The molecule has 5 heteroatoms. The molecule has 0 fully saturated rings. The van der Waals surface area contributed by atoms with Crippen molar-refractivity contribution in [1.82, 2.24) is 0 Å². The van der Waals surface area contributed by atoms with Gasteiger partial charge in [0.05, 0.1) is 10.7 Å². The number of hydrogen-bond acceptors (Lipinski definition) is 2. The van der Waals surface area contributed by atoms with Crippen LogP contribution < -0.4 is 10.5 Å². The first-order valence-corrected chi connectivity index (χ1v) is 5.91. The van der Waals surface area contributed by atoms with E-state index in [4.69, 9.17) is 22.1 Å². The number of hydrogen-bond donors (Lipinski definition) is 1. The van der Waals surface area contributed by atoms with Crippen molar-refractivity contribution in [3.05, 3.63) is 51.7 Å². The maximum Gasteiger partial charge on any atom is 0.151 e. The van der Waals surface area contributed by atoms with Crippen molar-refractivity contribution in [2.45, 2.75) is 0 Å². The van der Waals surface area contributed by atoms with Crippen molar-refractivity contribution >= 4 is 33.2 Å². The fourth-order valence-corrected chi connectivity index (χ4v) is 1.72. The van der Waals surface area contributed by atoms with E-state index in [9.17, 15) is 4.39 Å². The summed E-state index contributed by atoms with van der Waals surface area (Å²) >= 11 is 8.88. The van der Waals surface area contributed by atoms with E-state index in [0.29, 0.717) is 17.2 Å². The highest BCUT2D eigenvalue weighted by atomic mass is 79.9. The molecule has 0 saturated carbocycles. The van der Waals surface area contributed by atoms with E-state index in [1.165, 1.54) is 12.1 Å². The van der Waals surface area contributed by atoms with Gasteiger partial charge in [-0.3, -0.25) is 0 Å². The second kappa shape index (κ2) is 4.94. The Balaban J connectivity index is 2.31. The zero-order chi connectivity index (χ0) is 12.4. The molecule has 0 atom stereocenters. The van der Waals surface area contributed by atoms with Crippen LogP contribution in [0.2, 0.25) is 5.02 Å². The Hall–Kier alpha value is -1.26. The third-order valence-electron chi connectivity index (χ3n) is 2.09. The van der Waals surface area contributed by atoms with E-state index >= 15 is 0 Å². The largest absolute Gasteiger partial charge is 0.455 e. The number of rotatable bonds is 2. The highest BCUT2D eigenvalue weighted by molar-refractivity contribution is 9.10. The van der Waals surface area contributed by atoms with E-state index in [2.05, 4.69) is 15.9 Å². The third-order valence-corrected chi connectivity index (χ3v) is 2.89. The van der Waals surface area contributed by atoms with Gasteiger partial charge in [-0.2, -0.15) is 0 Å². The normalized spacial score (nSPS) is 10.3. The van der Waals surface area contributed by atoms with E-state index in [-0.39, 0.29) is 5.02 Å². The summed E-state index contributed by atoms with van der Waals surface area (Å²) in [6.45, 7) is 0. The SMILES string of the molecule is Nc1ccc(Br)cc1Oc1ccc(Cl)c(F)c1. The summed E-state index contributed by atoms with van der Waals surface area (Å²) in [4.78, 5) is 0. The van der Waals surface area contributed by atoms with Gasteiger partial charge in [-0.15, -0.1) is 0 Å². The molecule has 2 rings (SSSR count). The molecule has 0 bridgehead atoms. The van der Waals surface area contributed by atoms with Gasteiger partial charge in [0.15, 0.2) is 5.75 Å². The Bertz CT molecular complexity index is 562. The average Bonchev–Trinajstić information content (AvgIpc) is 2.29. The average molecular weight is 317 g/mol. The van der Waals surface area contributed by atoms with Crippen molar-refractivity contribution in [3.8, 4) is 11.5 Å². The van der Waals surface area contributed by atoms with Gasteiger partial charge in [0, 0.05) is 10.5 Å². The molecule has 0 heterocycles. The Morgan fingerprint density at radius 1 is 1.18 bits per heavy atom. The van der Waals surface area contributed by atoms with E-state index in [1.54, 1.807) is 24.3 Å². The summed E-state index contributed by atoms with van der Waals surface area (Å²) < 4.78 is 19.5. The number of anilines is 1. The Morgan fingerprint density at radius 3 is 2.65 bits per heavy atom. The predicted octanol–water partition coefficient (Wildman–Crippen LogP) is 4.62. The van der Waals surface area contributed by atoms with Gasteiger partial charge in [-0.05, 0) is 30.3 Å². The second-order valence-corrected chi connectivity index (χ2v) is 4.68. The quantitative estimate of drug-likeness (QED) is 0.821. The molecular weight excluding hydrogens is 308 g/mol. The van der Waals surface area contributed by atoms with Gasteiger partial charge in [0.2, 0.25) is 0 Å². The molecule has 0 aliphatic heterocycles. The van der Waals surface area contributed by atoms with Crippen molar-refractivity contribution in [1.29, 1.82) is 0 Å². The fourth-order valence-electron chi connectivity index (χ4n) is 1.26. The molecule has 2 aromatic rings. The highest BCUT2D eigenvalue weighted by Gasteiger charge is 2.06. The minimum Gasteiger partial charge on any atom is -0.455 e. The smallest absolute Gasteiger partial charge is 0.151 e. The van der Waals surface area contributed by atoms with Crippen LogP contribution in [0.4, 0.5) is 10.1 Å². The molecule has 0 aliphatic carbocycles. The van der Waals surface area contributed by atoms with E-state index in [1.807, 2.05) is 0 Å². The maximum atomic E-state index is 13.2. The van der Waals surface area contributed by atoms with Crippen LogP contribution in [0, 0.1) is 5.82 Å². The van der Waals surface area contributed by atoms with Crippen molar-refractivity contribution in [2.24, 2.45) is 0 Å². The summed E-state index contributed by atoms with van der Waals surface area (Å²) in [5.41, 5.74) is 6.22. The van der Waals surface area contributed by atoms with Crippen LogP contribution in [-0.2, 0) is 0 Å². The lowest BCUT2D eigenvalue weighted by Crippen LogP contribution is -1.92. The summed E-state index contributed by atoms with van der Waals surface area (Å²) in [6.07, 6.45) is 0. The first kappa shape index (κ1) is 12.2. The predicted molar refractivity (Wildman–Crippen MR) is 70.0 cm³/mol. The summed E-state index contributed by atoms with van der Waals surface area (Å²) in [7, 11) is 0. The Labute approximate surface area is 111 Å². The molecule has 0 amide bonds. The molecule has 0 aliphatic rings. The lowest BCUT2D eigenvalue weighted by Gasteiger charge is -2.09. The minimum atomic E-state index is -0.530. The van der Waals surface area contributed by atoms with Gasteiger partial charge in [-0.25, -0.2) is 4.39 Å². The highest BCUT2D eigenvalue weighted by Crippen LogP contribution is 2.31. The van der Waals surface area contributed by atoms with Crippen LogP contribution in [0.15, 0.2) is 40.9 Å². The first-order chi connectivity index (χ1) is 8.06.